The molecular formula is C23H32N6O7S. The zero-order valence-electron chi connectivity index (χ0n) is 20.2. The highest BCUT2D eigenvalue weighted by Gasteiger charge is 2.31. The summed E-state index contributed by atoms with van der Waals surface area (Å²) in [6.07, 6.45) is 3.16. The number of hydrogen-bond donors (Lipinski definition) is 8. The summed E-state index contributed by atoms with van der Waals surface area (Å²) in [4.78, 5) is 64.1. The molecule has 2 rings (SSSR count). The second-order valence-corrected chi connectivity index (χ2v) is 9.31. The Morgan fingerprint density at radius 3 is 2.24 bits per heavy atom. The van der Waals surface area contributed by atoms with E-state index in [1.807, 2.05) is 18.4 Å². The molecule has 0 radical (unpaired) electrons. The Bertz CT molecular complexity index is 1120. The van der Waals surface area contributed by atoms with Gasteiger partial charge >= 0.3 is 5.97 Å². The number of para-hydroxylation sites is 1. The Morgan fingerprint density at radius 2 is 1.62 bits per heavy atom. The third-order valence-electron chi connectivity index (χ3n) is 5.54. The fraction of sp³-hybridized carbons (Fsp3) is 0.435. The molecule has 0 saturated heterocycles. The second kappa shape index (κ2) is 14.2. The van der Waals surface area contributed by atoms with Gasteiger partial charge in [-0.25, -0.2) is 4.79 Å². The average molecular weight is 537 g/mol. The number of nitrogens with one attached hydrogen (secondary N) is 4. The van der Waals surface area contributed by atoms with Gasteiger partial charge in [0.15, 0.2) is 0 Å². The standard InChI is InChI=1S/C23H32N6O7S/c1-37-7-6-14(24)20(32)27-16(9-19(25)31)21(33)29-18(11-30)22(34)28-17(23(35)36)8-12-10-26-15-5-3-2-4-13(12)15/h2-5,10,14,16-18,26,30H,6-9,11,24H2,1H3,(H2,25,31)(H,27,32)(H,28,34)(H,29,33)(H,35,36). The molecule has 202 valence electrons. The van der Waals surface area contributed by atoms with Crippen molar-refractivity contribution in [3.8, 4) is 0 Å². The van der Waals surface area contributed by atoms with Crippen LogP contribution in [0.4, 0.5) is 0 Å². The van der Waals surface area contributed by atoms with Gasteiger partial charge in [-0.2, -0.15) is 11.8 Å². The number of aliphatic carboxylic acids is 1. The number of aliphatic hydroxyl groups excluding tert-OH is 1. The largest absolute Gasteiger partial charge is 0.480 e. The van der Waals surface area contributed by atoms with E-state index in [1.165, 1.54) is 11.8 Å². The molecule has 4 unspecified atom stereocenters. The summed E-state index contributed by atoms with van der Waals surface area (Å²) >= 11 is 1.48. The molecule has 1 aromatic heterocycles. The van der Waals surface area contributed by atoms with Gasteiger partial charge in [-0.05, 0) is 30.1 Å². The fourth-order valence-corrected chi connectivity index (χ4v) is 4.01. The SMILES string of the molecule is CSCCC(N)C(=O)NC(CC(N)=O)C(=O)NC(CO)C(=O)NC(Cc1c[nH]c2ccccc12)C(=O)O. The van der Waals surface area contributed by atoms with Crippen molar-refractivity contribution < 1.29 is 34.2 Å². The molecule has 0 bridgehead atoms. The van der Waals surface area contributed by atoms with Crippen LogP contribution in [-0.2, 0) is 30.4 Å². The molecule has 10 N–H and O–H groups in total. The first kappa shape index (κ1) is 29.6. The quantitative estimate of drug-likeness (QED) is 0.128. The Kier molecular flexibility index (Phi) is 11.4. The predicted octanol–water partition coefficient (Wildman–Crippen LogP) is -1.80. The van der Waals surface area contributed by atoms with Crippen LogP contribution in [0.1, 0.15) is 18.4 Å². The van der Waals surface area contributed by atoms with Crippen molar-refractivity contribution in [3.63, 3.8) is 0 Å². The van der Waals surface area contributed by atoms with Gasteiger partial charge in [0.2, 0.25) is 23.6 Å². The molecule has 2 aromatic rings. The van der Waals surface area contributed by atoms with Crippen molar-refractivity contribution >= 4 is 52.3 Å². The van der Waals surface area contributed by atoms with Crippen LogP contribution in [-0.4, -0.2) is 87.6 Å². The number of aromatic nitrogens is 1. The molecule has 37 heavy (non-hydrogen) atoms. The molecule has 13 nitrogen and oxygen atoms in total. The monoisotopic (exact) mass is 536 g/mol. The summed E-state index contributed by atoms with van der Waals surface area (Å²) in [7, 11) is 0. The molecular weight excluding hydrogens is 504 g/mol. The van der Waals surface area contributed by atoms with Gasteiger partial charge in [0.25, 0.3) is 0 Å². The summed E-state index contributed by atoms with van der Waals surface area (Å²) < 4.78 is 0. The minimum absolute atomic E-state index is 0.0640. The minimum Gasteiger partial charge on any atom is -0.480 e. The molecule has 1 heterocycles. The van der Waals surface area contributed by atoms with E-state index in [9.17, 15) is 34.2 Å². The first-order valence-electron chi connectivity index (χ1n) is 11.4. The number of aromatic amines is 1. The molecule has 4 atom stereocenters. The van der Waals surface area contributed by atoms with E-state index in [0.717, 1.165) is 10.9 Å². The Hall–Kier alpha value is -3.62. The van der Waals surface area contributed by atoms with Gasteiger partial charge < -0.3 is 42.6 Å². The summed E-state index contributed by atoms with van der Waals surface area (Å²) in [5.41, 5.74) is 12.4. The van der Waals surface area contributed by atoms with Crippen LogP contribution in [0.5, 0.6) is 0 Å². The number of carbonyl (C=O) groups excluding carboxylic acids is 4. The van der Waals surface area contributed by atoms with Crippen molar-refractivity contribution in [1.29, 1.82) is 0 Å². The molecule has 1 aromatic carbocycles. The van der Waals surface area contributed by atoms with Crippen LogP contribution < -0.4 is 27.4 Å². The zero-order valence-corrected chi connectivity index (χ0v) is 21.0. The van der Waals surface area contributed by atoms with Crippen LogP contribution in [0, 0.1) is 0 Å². The lowest BCUT2D eigenvalue weighted by molar-refractivity contribution is -0.142. The molecule has 0 aliphatic rings. The van der Waals surface area contributed by atoms with Gasteiger partial charge in [-0.1, -0.05) is 18.2 Å². The lowest BCUT2D eigenvalue weighted by atomic mass is 10.0. The maximum absolute atomic E-state index is 12.8. The Morgan fingerprint density at radius 1 is 1.00 bits per heavy atom. The third-order valence-corrected chi connectivity index (χ3v) is 6.18. The molecule has 0 spiro atoms. The number of rotatable bonds is 15. The molecule has 14 heteroatoms. The van der Waals surface area contributed by atoms with Crippen LogP contribution in [0.3, 0.4) is 0 Å². The average Bonchev–Trinajstić information content (AvgIpc) is 3.27. The predicted molar refractivity (Wildman–Crippen MR) is 137 cm³/mol. The first-order chi connectivity index (χ1) is 17.6. The van der Waals surface area contributed by atoms with Crippen molar-refractivity contribution in [3.05, 3.63) is 36.0 Å². The number of carboxylic acid groups (broad SMARTS) is 1. The van der Waals surface area contributed by atoms with Crippen molar-refractivity contribution in [1.82, 2.24) is 20.9 Å². The number of benzene rings is 1. The lowest BCUT2D eigenvalue weighted by Crippen LogP contribution is -2.58. The number of hydrogen-bond acceptors (Lipinski definition) is 8. The van der Waals surface area contributed by atoms with Crippen LogP contribution in [0.2, 0.25) is 0 Å². The number of fused-ring (bicyclic) bond motifs is 1. The highest BCUT2D eigenvalue weighted by molar-refractivity contribution is 7.98. The van der Waals surface area contributed by atoms with Crippen LogP contribution >= 0.6 is 11.8 Å². The summed E-state index contributed by atoms with van der Waals surface area (Å²) in [5, 5.41) is 27.0. The maximum atomic E-state index is 12.8. The molecule has 0 fully saturated rings. The molecule has 0 aliphatic heterocycles. The third kappa shape index (κ3) is 8.77. The van der Waals surface area contributed by atoms with E-state index in [4.69, 9.17) is 11.5 Å². The van der Waals surface area contributed by atoms with Crippen molar-refractivity contribution in [2.75, 3.05) is 18.6 Å². The second-order valence-electron chi connectivity index (χ2n) is 8.33. The fourth-order valence-electron chi connectivity index (χ4n) is 3.52. The maximum Gasteiger partial charge on any atom is 0.326 e. The highest BCUT2D eigenvalue weighted by atomic mass is 32.2. The van der Waals surface area contributed by atoms with Crippen molar-refractivity contribution in [2.45, 2.75) is 43.4 Å². The normalized spacial score (nSPS) is 14.2. The summed E-state index contributed by atoms with van der Waals surface area (Å²) in [6, 6.07) is 1.92. The van der Waals surface area contributed by atoms with Gasteiger partial charge in [0.1, 0.15) is 18.1 Å². The van der Waals surface area contributed by atoms with Crippen molar-refractivity contribution in [2.24, 2.45) is 11.5 Å². The van der Waals surface area contributed by atoms with Gasteiger partial charge in [0.05, 0.1) is 19.1 Å². The first-order valence-corrected chi connectivity index (χ1v) is 12.8. The number of amides is 4. The number of aliphatic hydroxyl groups is 1. The van der Waals surface area contributed by atoms with Crippen LogP contribution in [0.15, 0.2) is 30.5 Å². The van der Waals surface area contributed by atoms with E-state index in [2.05, 4.69) is 20.9 Å². The number of nitrogens with two attached hydrogens (primary N) is 2. The number of primary amides is 1. The highest BCUT2D eigenvalue weighted by Crippen LogP contribution is 2.19. The number of thioether (sulfide) groups is 1. The summed E-state index contributed by atoms with van der Waals surface area (Å²) in [6.45, 7) is -0.874. The van der Waals surface area contributed by atoms with Gasteiger partial charge in [-0.15, -0.1) is 0 Å². The van der Waals surface area contributed by atoms with E-state index in [1.54, 1.807) is 18.3 Å². The molecule has 0 aliphatic carbocycles. The van der Waals surface area contributed by atoms with Crippen LogP contribution in [0.25, 0.3) is 10.9 Å². The Balaban J connectivity index is 2.08. The lowest BCUT2D eigenvalue weighted by Gasteiger charge is -2.23. The van der Waals surface area contributed by atoms with E-state index < -0.39 is 66.8 Å². The number of H-pyrrole nitrogens is 1. The van der Waals surface area contributed by atoms with E-state index >= 15 is 0 Å². The zero-order chi connectivity index (χ0) is 27.5. The van der Waals surface area contributed by atoms with E-state index in [0.29, 0.717) is 17.7 Å². The molecule has 4 amide bonds. The Labute approximate surface area is 217 Å². The van der Waals surface area contributed by atoms with Gasteiger partial charge in [-0.3, -0.25) is 19.2 Å². The minimum atomic E-state index is -1.56. The number of carboxylic acids is 1. The van der Waals surface area contributed by atoms with E-state index in [-0.39, 0.29) is 6.42 Å². The van der Waals surface area contributed by atoms with Gasteiger partial charge in [0, 0.05) is 23.5 Å². The number of carbonyl (C=O) groups is 5. The summed E-state index contributed by atoms with van der Waals surface area (Å²) in [5.74, 6) is -4.25. The smallest absolute Gasteiger partial charge is 0.326 e. The topological polar surface area (TPSA) is 230 Å². The molecule has 0 saturated carbocycles.